The largest absolute Gasteiger partial charge is 0.395 e. The predicted octanol–water partition coefficient (Wildman–Crippen LogP) is 0.518. The molecule has 0 atom stereocenters. The third-order valence-electron chi connectivity index (χ3n) is 4.64. The van der Waals surface area contributed by atoms with E-state index in [1.807, 2.05) is 17.0 Å². The smallest absolute Gasteiger partial charge is 0.251 e. The van der Waals surface area contributed by atoms with Crippen molar-refractivity contribution < 1.29 is 9.90 Å². The highest BCUT2D eigenvalue weighted by Gasteiger charge is 2.42. The molecule has 134 valence electrons. The second kappa shape index (κ2) is 7.10. The maximum atomic E-state index is 12.0. The van der Waals surface area contributed by atoms with Crippen LogP contribution in [-0.4, -0.2) is 41.7 Å². The summed E-state index contributed by atoms with van der Waals surface area (Å²) in [6.45, 7) is 0.135. The van der Waals surface area contributed by atoms with Crippen LogP contribution in [0.5, 0.6) is 0 Å². The summed E-state index contributed by atoms with van der Waals surface area (Å²) < 4.78 is 0. The Bertz CT molecular complexity index is 692. The van der Waals surface area contributed by atoms with Gasteiger partial charge in [-0.25, -0.2) is 4.99 Å². The zero-order chi connectivity index (χ0) is 17.9. The van der Waals surface area contributed by atoms with Crippen LogP contribution >= 0.6 is 0 Å². The van der Waals surface area contributed by atoms with Crippen LogP contribution in [0.15, 0.2) is 34.3 Å². The number of hydrogen-bond acceptors (Lipinski definition) is 7. The van der Waals surface area contributed by atoms with E-state index in [9.17, 15) is 4.79 Å². The number of aliphatic hydroxyl groups is 1. The number of aliphatic imine (C=N–C) groups is 2. The Morgan fingerprint density at radius 3 is 2.52 bits per heavy atom. The molecule has 2 aliphatic rings. The first-order chi connectivity index (χ1) is 12.1. The van der Waals surface area contributed by atoms with E-state index < -0.39 is 5.66 Å². The average Bonchev–Trinajstić information content (AvgIpc) is 2.60. The molecule has 1 aromatic carbocycles. The van der Waals surface area contributed by atoms with Crippen molar-refractivity contribution in [2.45, 2.75) is 37.8 Å². The van der Waals surface area contributed by atoms with Gasteiger partial charge in [-0.3, -0.25) is 9.69 Å². The lowest BCUT2D eigenvalue weighted by molar-refractivity contribution is 0.0945. The zero-order valence-electron chi connectivity index (χ0n) is 14.1. The van der Waals surface area contributed by atoms with Crippen LogP contribution in [0.3, 0.4) is 0 Å². The standard InChI is InChI=1S/C17H24N6O2/c18-15-21-16(19)23(17(22-15)8-2-1-3-9-17)13-6-4-12(5-7-13)14(25)20-10-11-24/h4-7,24H,1-3,8-11H2,(H,20,25)(H4,18,19,21,22). The summed E-state index contributed by atoms with van der Waals surface area (Å²) >= 11 is 0. The Morgan fingerprint density at radius 1 is 1.20 bits per heavy atom. The molecule has 3 rings (SSSR count). The zero-order valence-corrected chi connectivity index (χ0v) is 14.1. The molecule has 0 aromatic heterocycles. The van der Waals surface area contributed by atoms with E-state index in [0.29, 0.717) is 11.5 Å². The molecule has 1 aliphatic heterocycles. The fourth-order valence-corrected chi connectivity index (χ4v) is 3.53. The van der Waals surface area contributed by atoms with Crippen LogP contribution in [0.25, 0.3) is 0 Å². The number of rotatable bonds is 4. The molecule has 1 saturated carbocycles. The third kappa shape index (κ3) is 3.43. The Morgan fingerprint density at radius 2 is 1.88 bits per heavy atom. The van der Waals surface area contributed by atoms with E-state index in [-0.39, 0.29) is 25.0 Å². The fraction of sp³-hybridized carbons (Fsp3) is 0.471. The number of nitrogens with two attached hydrogens (primary N) is 2. The predicted molar refractivity (Wildman–Crippen MR) is 97.4 cm³/mol. The SMILES string of the molecule is NC1=NC2(CCCCC2)N(c2ccc(C(=O)NCCO)cc2)C(N)=N1. The van der Waals surface area contributed by atoms with Crippen molar-refractivity contribution in [3.8, 4) is 0 Å². The summed E-state index contributed by atoms with van der Waals surface area (Å²) in [6.07, 6.45) is 5.02. The monoisotopic (exact) mass is 344 g/mol. The van der Waals surface area contributed by atoms with E-state index in [1.165, 1.54) is 6.42 Å². The van der Waals surface area contributed by atoms with Gasteiger partial charge in [0.15, 0.2) is 0 Å². The highest BCUT2D eigenvalue weighted by Crippen LogP contribution is 2.39. The van der Waals surface area contributed by atoms with E-state index >= 15 is 0 Å². The molecule has 8 nitrogen and oxygen atoms in total. The molecule has 1 amide bonds. The highest BCUT2D eigenvalue weighted by atomic mass is 16.3. The molecule has 0 saturated heterocycles. The minimum atomic E-state index is -0.491. The Labute approximate surface area is 146 Å². The normalized spacial score (nSPS) is 19.3. The van der Waals surface area contributed by atoms with Gasteiger partial charge in [-0.2, -0.15) is 4.99 Å². The Balaban J connectivity index is 1.88. The van der Waals surface area contributed by atoms with Gasteiger partial charge < -0.3 is 21.9 Å². The van der Waals surface area contributed by atoms with Crippen LogP contribution < -0.4 is 21.7 Å². The van der Waals surface area contributed by atoms with Crippen LogP contribution in [0, 0.1) is 0 Å². The second-order valence-corrected chi connectivity index (χ2v) is 6.34. The van der Waals surface area contributed by atoms with Crippen molar-refractivity contribution in [3.05, 3.63) is 29.8 Å². The summed E-state index contributed by atoms with van der Waals surface area (Å²) in [5.41, 5.74) is 12.9. The number of amides is 1. The van der Waals surface area contributed by atoms with Crippen molar-refractivity contribution in [2.75, 3.05) is 18.1 Å². The van der Waals surface area contributed by atoms with Crippen molar-refractivity contribution in [2.24, 2.45) is 21.5 Å². The summed E-state index contributed by atoms with van der Waals surface area (Å²) in [6, 6.07) is 7.13. The third-order valence-corrected chi connectivity index (χ3v) is 4.64. The summed E-state index contributed by atoms with van der Waals surface area (Å²) in [7, 11) is 0. The number of nitrogens with zero attached hydrogens (tertiary/aromatic N) is 3. The first-order valence-corrected chi connectivity index (χ1v) is 8.54. The van der Waals surface area contributed by atoms with E-state index in [4.69, 9.17) is 16.6 Å². The van der Waals surface area contributed by atoms with Gasteiger partial charge in [0.25, 0.3) is 5.91 Å². The number of carbonyl (C=O) groups is 1. The lowest BCUT2D eigenvalue weighted by Crippen LogP contribution is -2.58. The van der Waals surface area contributed by atoms with Crippen LogP contribution in [0.4, 0.5) is 5.69 Å². The first kappa shape index (κ1) is 17.2. The van der Waals surface area contributed by atoms with E-state index in [2.05, 4.69) is 15.3 Å². The van der Waals surface area contributed by atoms with Gasteiger partial charge in [-0.1, -0.05) is 6.42 Å². The first-order valence-electron chi connectivity index (χ1n) is 8.54. The average molecular weight is 344 g/mol. The van der Waals surface area contributed by atoms with Crippen molar-refractivity contribution in [1.82, 2.24) is 5.32 Å². The van der Waals surface area contributed by atoms with Gasteiger partial charge >= 0.3 is 0 Å². The molecular weight excluding hydrogens is 320 g/mol. The van der Waals surface area contributed by atoms with Gasteiger partial charge in [0.1, 0.15) is 5.66 Å². The molecule has 1 aliphatic carbocycles. The van der Waals surface area contributed by atoms with Gasteiger partial charge in [0, 0.05) is 17.8 Å². The maximum absolute atomic E-state index is 12.0. The number of benzene rings is 1. The molecule has 8 heteroatoms. The van der Waals surface area contributed by atoms with E-state index in [1.54, 1.807) is 12.1 Å². The minimum absolute atomic E-state index is 0.0907. The second-order valence-electron chi connectivity index (χ2n) is 6.34. The molecule has 0 bridgehead atoms. The number of nitrogens with one attached hydrogen (secondary N) is 1. The number of hydrogen-bond donors (Lipinski definition) is 4. The van der Waals surface area contributed by atoms with Crippen LogP contribution in [0.2, 0.25) is 0 Å². The number of aliphatic hydroxyl groups excluding tert-OH is 1. The molecule has 0 unspecified atom stereocenters. The molecule has 1 heterocycles. The minimum Gasteiger partial charge on any atom is -0.395 e. The van der Waals surface area contributed by atoms with Gasteiger partial charge in [0.2, 0.25) is 11.9 Å². The Hall–Kier alpha value is -2.61. The number of anilines is 1. The quantitative estimate of drug-likeness (QED) is 0.633. The van der Waals surface area contributed by atoms with Gasteiger partial charge in [-0.15, -0.1) is 0 Å². The Kier molecular flexibility index (Phi) is 4.89. The van der Waals surface area contributed by atoms with Gasteiger partial charge in [0.05, 0.1) is 6.61 Å². The highest BCUT2D eigenvalue weighted by molar-refractivity contribution is 6.05. The van der Waals surface area contributed by atoms with Crippen LogP contribution in [0.1, 0.15) is 42.5 Å². The molecule has 6 N–H and O–H groups in total. The van der Waals surface area contributed by atoms with E-state index in [0.717, 1.165) is 31.4 Å². The van der Waals surface area contributed by atoms with Crippen LogP contribution in [-0.2, 0) is 0 Å². The molecule has 1 fully saturated rings. The van der Waals surface area contributed by atoms with Crippen molar-refractivity contribution in [1.29, 1.82) is 0 Å². The maximum Gasteiger partial charge on any atom is 0.251 e. The molecular formula is C17H24N6O2. The lowest BCUT2D eigenvalue weighted by Gasteiger charge is -2.45. The molecule has 25 heavy (non-hydrogen) atoms. The fourth-order valence-electron chi connectivity index (χ4n) is 3.53. The van der Waals surface area contributed by atoms with Crippen molar-refractivity contribution >= 4 is 23.5 Å². The van der Waals surface area contributed by atoms with Crippen molar-refractivity contribution in [3.63, 3.8) is 0 Å². The molecule has 1 spiro atoms. The lowest BCUT2D eigenvalue weighted by atomic mass is 9.87. The summed E-state index contributed by atoms with van der Waals surface area (Å²) in [5, 5.41) is 11.4. The summed E-state index contributed by atoms with van der Waals surface area (Å²) in [5.74, 6) is 0.318. The number of carbonyl (C=O) groups excluding carboxylic acids is 1. The summed E-state index contributed by atoms with van der Waals surface area (Å²) in [4.78, 5) is 22.7. The molecule has 0 radical (unpaired) electrons. The number of guanidine groups is 2. The van der Waals surface area contributed by atoms with Gasteiger partial charge in [-0.05, 0) is 49.9 Å². The topological polar surface area (TPSA) is 129 Å². The molecule has 1 aromatic rings.